The second kappa shape index (κ2) is 4.47. The van der Waals surface area contributed by atoms with Gasteiger partial charge in [0.2, 0.25) is 0 Å². The highest BCUT2D eigenvalue weighted by molar-refractivity contribution is 7.07. The molecule has 0 radical (unpaired) electrons. The molecule has 2 heterocycles. The third kappa shape index (κ3) is 1.90. The second-order valence-electron chi connectivity index (χ2n) is 4.08. The summed E-state index contributed by atoms with van der Waals surface area (Å²) in [6, 6.07) is 5.00. The maximum atomic E-state index is 12.0. The van der Waals surface area contributed by atoms with Crippen molar-refractivity contribution in [1.82, 2.24) is 4.98 Å². The van der Waals surface area contributed by atoms with Crippen LogP contribution < -0.4 is 9.64 Å². The van der Waals surface area contributed by atoms with E-state index in [2.05, 4.69) is 4.98 Å². The topological polar surface area (TPSA) is 59.5 Å². The lowest BCUT2D eigenvalue weighted by atomic mass is 10.1. The first-order chi connectivity index (χ1) is 9.20. The second-order valence-corrected chi connectivity index (χ2v) is 4.80. The van der Waals surface area contributed by atoms with Crippen LogP contribution in [0.15, 0.2) is 29.1 Å². The largest absolute Gasteiger partial charge is 0.497 e. The highest BCUT2D eigenvalue weighted by atomic mass is 32.1. The Morgan fingerprint density at radius 3 is 2.89 bits per heavy atom. The molecule has 0 aliphatic carbocycles. The number of ketones is 1. The Kier molecular flexibility index (Phi) is 2.79. The quantitative estimate of drug-likeness (QED) is 0.802. The van der Waals surface area contributed by atoms with E-state index < -0.39 is 11.7 Å². The van der Waals surface area contributed by atoms with E-state index in [1.54, 1.807) is 30.8 Å². The lowest BCUT2D eigenvalue weighted by Gasteiger charge is -2.15. The number of Topliss-reactive ketones (excluding diaryl/α,β-unsaturated/α-hetero) is 1. The number of hydrogen-bond donors (Lipinski definition) is 0. The van der Waals surface area contributed by atoms with Gasteiger partial charge in [0.05, 0.1) is 36.1 Å². The Labute approximate surface area is 113 Å². The molecule has 96 valence electrons. The summed E-state index contributed by atoms with van der Waals surface area (Å²) in [7, 11) is 1.55. The lowest BCUT2D eigenvalue weighted by molar-refractivity contribution is -0.114. The lowest BCUT2D eigenvalue weighted by Crippen LogP contribution is -2.29. The van der Waals surface area contributed by atoms with Crippen LogP contribution in [0, 0.1) is 0 Å². The van der Waals surface area contributed by atoms with Crippen LogP contribution in [0.3, 0.4) is 0 Å². The predicted molar refractivity (Wildman–Crippen MR) is 70.6 cm³/mol. The highest BCUT2D eigenvalue weighted by Crippen LogP contribution is 2.33. The Bertz CT molecular complexity index is 652. The maximum Gasteiger partial charge on any atom is 0.299 e. The van der Waals surface area contributed by atoms with Crippen molar-refractivity contribution in [2.75, 3.05) is 12.0 Å². The standard InChI is InChI=1S/C13H10N2O3S/c1-18-9-2-3-10-11(4-9)15(13(17)12(10)16)5-8-6-19-7-14-8/h2-4,6-7H,5H2,1H3. The van der Waals surface area contributed by atoms with Crippen LogP contribution in [0.5, 0.6) is 5.75 Å². The van der Waals surface area contributed by atoms with E-state index in [-0.39, 0.29) is 0 Å². The molecule has 1 amide bonds. The molecule has 0 fully saturated rings. The van der Waals surface area contributed by atoms with Crippen molar-refractivity contribution in [3.63, 3.8) is 0 Å². The Balaban J connectivity index is 2.02. The SMILES string of the molecule is COc1ccc2c(c1)N(Cc1cscn1)C(=O)C2=O. The van der Waals surface area contributed by atoms with E-state index in [1.165, 1.54) is 16.2 Å². The van der Waals surface area contributed by atoms with E-state index >= 15 is 0 Å². The molecule has 3 rings (SSSR count). The molecule has 1 aliphatic rings. The van der Waals surface area contributed by atoms with E-state index in [4.69, 9.17) is 4.74 Å². The molecule has 1 aromatic carbocycles. The average Bonchev–Trinajstić information content (AvgIpc) is 3.02. The third-order valence-corrected chi connectivity index (χ3v) is 3.62. The van der Waals surface area contributed by atoms with Crippen LogP contribution in [0.25, 0.3) is 0 Å². The minimum Gasteiger partial charge on any atom is -0.497 e. The number of anilines is 1. The summed E-state index contributed by atoms with van der Waals surface area (Å²) in [5.74, 6) is -0.381. The predicted octanol–water partition coefficient (Wildman–Crippen LogP) is 1.88. The molecular formula is C13H10N2O3S. The number of aromatic nitrogens is 1. The highest BCUT2D eigenvalue weighted by Gasteiger charge is 2.36. The smallest absolute Gasteiger partial charge is 0.299 e. The zero-order valence-corrected chi connectivity index (χ0v) is 10.9. The van der Waals surface area contributed by atoms with Crippen LogP contribution in [0.4, 0.5) is 5.69 Å². The van der Waals surface area contributed by atoms with Crippen molar-refractivity contribution < 1.29 is 14.3 Å². The van der Waals surface area contributed by atoms with Crippen LogP contribution >= 0.6 is 11.3 Å². The fourth-order valence-corrected chi connectivity index (χ4v) is 2.59. The van der Waals surface area contributed by atoms with Gasteiger partial charge in [-0.15, -0.1) is 11.3 Å². The van der Waals surface area contributed by atoms with Gasteiger partial charge < -0.3 is 4.74 Å². The Morgan fingerprint density at radius 2 is 2.21 bits per heavy atom. The van der Waals surface area contributed by atoms with Crippen molar-refractivity contribution in [2.45, 2.75) is 6.54 Å². The number of benzene rings is 1. The first-order valence-electron chi connectivity index (χ1n) is 5.62. The van der Waals surface area contributed by atoms with E-state index in [1.807, 2.05) is 5.38 Å². The summed E-state index contributed by atoms with van der Waals surface area (Å²) in [5, 5.41) is 1.86. The van der Waals surface area contributed by atoms with Crippen molar-refractivity contribution >= 4 is 28.7 Å². The number of amides is 1. The number of fused-ring (bicyclic) bond motifs is 1. The zero-order valence-electron chi connectivity index (χ0n) is 10.1. The molecule has 0 unspecified atom stereocenters. The van der Waals surface area contributed by atoms with Gasteiger partial charge in [0.15, 0.2) is 0 Å². The fourth-order valence-electron chi connectivity index (χ4n) is 2.04. The summed E-state index contributed by atoms with van der Waals surface area (Å²) in [5.41, 5.74) is 3.47. The van der Waals surface area contributed by atoms with Crippen molar-refractivity contribution in [3.05, 3.63) is 40.3 Å². The molecule has 1 aliphatic heterocycles. The first-order valence-corrected chi connectivity index (χ1v) is 6.56. The normalized spacial score (nSPS) is 13.8. The average molecular weight is 274 g/mol. The van der Waals surface area contributed by atoms with Gasteiger partial charge in [-0.05, 0) is 12.1 Å². The molecule has 0 atom stereocenters. The first kappa shape index (κ1) is 11.9. The molecule has 0 spiro atoms. The van der Waals surface area contributed by atoms with Crippen molar-refractivity contribution in [2.24, 2.45) is 0 Å². The summed E-state index contributed by atoms with van der Waals surface area (Å²) < 4.78 is 5.13. The van der Waals surface area contributed by atoms with Crippen molar-refractivity contribution in [1.29, 1.82) is 0 Å². The number of carbonyl (C=O) groups excluding carboxylic acids is 2. The molecular weight excluding hydrogens is 264 g/mol. The number of hydrogen-bond acceptors (Lipinski definition) is 5. The molecule has 6 heteroatoms. The van der Waals surface area contributed by atoms with Gasteiger partial charge in [0, 0.05) is 11.4 Å². The third-order valence-electron chi connectivity index (χ3n) is 2.98. The minimum absolute atomic E-state index is 0.300. The Morgan fingerprint density at radius 1 is 1.37 bits per heavy atom. The van der Waals surface area contributed by atoms with E-state index in [0.717, 1.165) is 5.69 Å². The van der Waals surface area contributed by atoms with Gasteiger partial charge in [-0.3, -0.25) is 14.5 Å². The number of nitrogens with zero attached hydrogens (tertiary/aromatic N) is 2. The van der Waals surface area contributed by atoms with Crippen LogP contribution in [0.1, 0.15) is 16.1 Å². The van der Waals surface area contributed by atoms with Crippen molar-refractivity contribution in [3.8, 4) is 5.75 Å². The minimum atomic E-state index is -0.517. The number of thiazole rings is 1. The van der Waals surface area contributed by atoms with Gasteiger partial charge in [-0.1, -0.05) is 0 Å². The molecule has 0 saturated heterocycles. The number of methoxy groups -OCH3 is 1. The summed E-state index contributed by atoms with van der Waals surface area (Å²) in [6.45, 7) is 0.300. The molecule has 0 saturated carbocycles. The fraction of sp³-hybridized carbons (Fsp3) is 0.154. The summed E-state index contributed by atoms with van der Waals surface area (Å²) >= 11 is 1.46. The maximum absolute atomic E-state index is 12.0. The van der Waals surface area contributed by atoms with Crippen LogP contribution in [-0.4, -0.2) is 23.8 Å². The van der Waals surface area contributed by atoms with Gasteiger partial charge >= 0.3 is 0 Å². The van der Waals surface area contributed by atoms with E-state index in [0.29, 0.717) is 23.5 Å². The monoisotopic (exact) mass is 274 g/mol. The van der Waals surface area contributed by atoms with Gasteiger partial charge in [0.25, 0.3) is 11.7 Å². The van der Waals surface area contributed by atoms with Crippen LogP contribution in [-0.2, 0) is 11.3 Å². The summed E-state index contributed by atoms with van der Waals surface area (Å²) in [6.07, 6.45) is 0. The molecule has 19 heavy (non-hydrogen) atoms. The van der Waals surface area contributed by atoms with Gasteiger partial charge in [-0.2, -0.15) is 0 Å². The number of carbonyl (C=O) groups is 2. The number of ether oxygens (including phenoxy) is 1. The van der Waals surface area contributed by atoms with Crippen LogP contribution in [0.2, 0.25) is 0 Å². The zero-order chi connectivity index (χ0) is 13.4. The van der Waals surface area contributed by atoms with E-state index in [9.17, 15) is 9.59 Å². The summed E-state index contributed by atoms with van der Waals surface area (Å²) in [4.78, 5) is 29.5. The molecule has 2 aromatic rings. The molecule has 1 aromatic heterocycles. The number of rotatable bonds is 3. The van der Waals surface area contributed by atoms with Gasteiger partial charge in [-0.25, -0.2) is 4.98 Å². The van der Waals surface area contributed by atoms with Gasteiger partial charge in [0.1, 0.15) is 5.75 Å². The Hall–Kier alpha value is -2.21. The molecule has 5 nitrogen and oxygen atoms in total. The molecule has 0 N–H and O–H groups in total. The molecule has 0 bridgehead atoms.